The highest BCUT2D eigenvalue weighted by Crippen LogP contribution is 2.26. The number of carboxylic acid groups (broad SMARTS) is 1. The zero-order valence-corrected chi connectivity index (χ0v) is 12.7. The van der Waals surface area contributed by atoms with Crippen LogP contribution in [-0.4, -0.2) is 31.6 Å². The van der Waals surface area contributed by atoms with Crippen LogP contribution in [0.15, 0.2) is 21.1 Å². The van der Waals surface area contributed by atoms with Crippen molar-refractivity contribution in [3.63, 3.8) is 0 Å². The summed E-state index contributed by atoms with van der Waals surface area (Å²) in [6.45, 7) is 2.51. The van der Waals surface area contributed by atoms with E-state index in [0.717, 1.165) is 15.2 Å². The van der Waals surface area contributed by atoms with Gasteiger partial charge in [-0.2, -0.15) is 0 Å². The molecule has 0 aromatic carbocycles. The number of rotatable bonds is 5. The molecule has 1 N–H and O–H groups in total. The lowest BCUT2D eigenvalue weighted by atomic mass is 10.4. The molecule has 0 unspecified atom stereocenters. The number of aromatic nitrogens is 3. The number of thioether (sulfide) groups is 1. The fourth-order valence-corrected chi connectivity index (χ4v) is 3.53. The number of hydrogen-bond acceptors (Lipinski definition) is 5. The van der Waals surface area contributed by atoms with Crippen LogP contribution in [0, 0.1) is 6.92 Å². The number of nitrogens with zero attached hydrogens (tertiary/aromatic N) is 3. The highest BCUT2D eigenvalue weighted by Gasteiger charge is 2.13. The van der Waals surface area contributed by atoms with Crippen LogP contribution in [0.4, 0.5) is 0 Å². The predicted molar refractivity (Wildman–Crippen MR) is 74.2 cm³/mol. The second kappa shape index (κ2) is 5.85. The van der Waals surface area contributed by atoms with Crippen molar-refractivity contribution in [2.75, 3.05) is 5.75 Å². The SMILES string of the molecule is Cc1nnc(SCC(=O)O)n1Cc1sccc1Br. The third-order valence-corrected chi connectivity index (χ3v) is 5.08. The predicted octanol–water partition coefficient (Wildman–Crippen LogP) is 2.64. The Morgan fingerprint density at radius 1 is 1.61 bits per heavy atom. The zero-order valence-electron chi connectivity index (χ0n) is 9.46. The minimum Gasteiger partial charge on any atom is -0.481 e. The molecule has 0 fully saturated rings. The minimum atomic E-state index is -0.857. The molecule has 5 nitrogen and oxygen atoms in total. The Hall–Kier alpha value is -0.860. The van der Waals surface area contributed by atoms with Crippen LogP contribution < -0.4 is 0 Å². The van der Waals surface area contributed by atoms with Crippen LogP contribution in [0.5, 0.6) is 0 Å². The average molecular weight is 348 g/mol. The molecule has 0 amide bonds. The number of hydrogen-bond donors (Lipinski definition) is 1. The maximum Gasteiger partial charge on any atom is 0.313 e. The number of aryl methyl sites for hydroxylation is 1. The van der Waals surface area contributed by atoms with Gasteiger partial charge in [0.15, 0.2) is 5.16 Å². The first-order valence-electron chi connectivity index (χ1n) is 5.04. The van der Waals surface area contributed by atoms with E-state index >= 15 is 0 Å². The summed E-state index contributed by atoms with van der Waals surface area (Å²) < 4.78 is 2.97. The van der Waals surface area contributed by atoms with Crippen molar-refractivity contribution in [2.45, 2.75) is 18.6 Å². The van der Waals surface area contributed by atoms with Crippen molar-refractivity contribution in [1.82, 2.24) is 14.8 Å². The van der Waals surface area contributed by atoms with Crippen molar-refractivity contribution < 1.29 is 9.90 Å². The van der Waals surface area contributed by atoms with Gasteiger partial charge in [-0.3, -0.25) is 4.79 Å². The molecule has 0 radical (unpaired) electrons. The first-order chi connectivity index (χ1) is 8.58. The van der Waals surface area contributed by atoms with Crippen LogP contribution in [0.2, 0.25) is 0 Å². The van der Waals surface area contributed by atoms with Crippen molar-refractivity contribution in [3.05, 3.63) is 26.6 Å². The molecule has 0 saturated heterocycles. The van der Waals surface area contributed by atoms with Gasteiger partial charge in [0.05, 0.1) is 12.3 Å². The molecule has 0 saturated carbocycles. The number of carbonyl (C=O) groups is 1. The lowest BCUT2D eigenvalue weighted by Crippen LogP contribution is -2.05. The van der Waals surface area contributed by atoms with E-state index in [1.165, 1.54) is 11.8 Å². The largest absolute Gasteiger partial charge is 0.481 e. The maximum absolute atomic E-state index is 10.6. The molecule has 0 aliphatic rings. The van der Waals surface area contributed by atoms with E-state index in [9.17, 15) is 4.79 Å². The summed E-state index contributed by atoms with van der Waals surface area (Å²) in [7, 11) is 0. The van der Waals surface area contributed by atoms with Gasteiger partial charge in [0, 0.05) is 9.35 Å². The molecule has 0 aliphatic carbocycles. The highest BCUT2D eigenvalue weighted by atomic mass is 79.9. The Bertz CT molecular complexity index is 567. The zero-order chi connectivity index (χ0) is 13.1. The van der Waals surface area contributed by atoms with E-state index in [1.807, 2.05) is 22.9 Å². The van der Waals surface area contributed by atoms with E-state index in [0.29, 0.717) is 11.7 Å². The summed E-state index contributed by atoms with van der Waals surface area (Å²) in [5, 5.41) is 19.3. The Morgan fingerprint density at radius 2 is 2.39 bits per heavy atom. The average Bonchev–Trinajstić information content (AvgIpc) is 2.86. The molecule has 0 aliphatic heterocycles. The maximum atomic E-state index is 10.6. The van der Waals surface area contributed by atoms with Crippen molar-refractivity contribution in [3.8, 4) is 0 Å². The van der Waals surface area contributed by atoms with E-state index in [2.05, 4.69) is 26.1 Å². The third kappa shape index (κ3) is 3.12. The van der Waals surface area contributed by atoms with Crippen LogP contribution in [0.1, 0.15) is 10.7 Å². The molecule has 18 heavy (non-hydrogen) atoms. The topological polar surface area (TPSA) is 68.0 Å². The summed E-state index contributed by atoms with van der Waals surface area (Å²) in [5.41, 5.74) is 0. The van der Waals surface area contributed by atoms with E-state index in [1.54, 1.807) is 11.3 Å². The van der Waals surface area contributed by atoms with E-state index < -0.39 is 5.97 Å². The van der Waals surface area contributed by atoms with Gasteiger partial charge in [0.1, 0.15) is 5.82 Å². The van der Waals surface area contributed by atoms with Gasteiger partial charge in [-0.1, -0.05) is 11.8 Å². The summed E-state index contributed by atoms with van der Waals surface area (Å²) >= 11 is 6.30. The molecular weight excluding hydrogens is 338 g/mol. The molecule has 0 spiro atoms. The number of thiophene rings is 1. The second-order valence-corrected chi connectivity index (χ2v) is 6.29. The Morgan fingerprint density at radius 3 is 3.00 bits per heavy atom. The molecule has 2 aromatic rings. The molecule has 8 heteroatoms. The van der Waals surface area contributed by atoms with Gasteiger partial charge in [-0.25, -0.2) is 0 Å². The van der Waals surface area contributed by atoms with Crippen LogP contribution in [0.25, 0.3) is 0 Å². The molecule has 0 bridgehead atoms. The molecule has 2 rings (SSSR count). The first-order valence-corrected chi connectivity index (χ1v) is 7.70. The lowest BCUT2D eigenvalue weighted by Gasteiger charge is -2.06. The fraction of sp³-hybridized carbons (Fsp3) is 0.300. The van der Waals surface area contributed by atoms with Crippen LogP contribution >= 0.6 is 39.0 Å². The normalized spacial score (nSPS) is 10.8. The second-order valence-electron chi connectivity index (χ2n) is 3.49. The molecule has 2 heterocycles. The quantitative estimate of drug-likeness (QED) is 0.842. The molecular formula is C10H10BrN3O2S2. The molecule has 96 valence electrons. The number of halogens is 1. The Labute approximate surface area is 120 Å². The van der Waals surface area contributed by atoms with Gasteiger partial charge in [0.25, 0.3) is 0 Å². The van der Waals surface area contributed by atoms with Crippen molar-refractivity contribution in [2.24, 2.45) is 0 Å². The van der Waals surface area contributed by atoms with Gasteiger partial charge < -0.3 is 9.67 Å². The van der Waals surface area contributed by atoms with Crippen LogP contribution in [-0.2, 0) is 11.3 Å². The molecule has 0 atom stereocenters. The number of carboxylic acids is 1. The summed E-state index contributed by atoms with van der Waals surface area (Å²) in [6.07, 6.45) is 0. The number of aliphatic carboxylic acids is 1. The minimum absolute atomic E-state index is 0.0102. The standard InChI is InChI=1S/C10H10BrN3O2S2/c1-6-12-13-10(18-5-9(15)16)14(6)4-8-7(11)2-3-17-8/h2-3H,4-5H2,1H3,(H,15,16). The monoisotopic (exact) mass is 347 g/mol. The lowest BCUT2D eigenvalue weighted by molar-refractivity contribution is -0.133. The van der Waals surface area contributed by atoms with Gasteiger partial charge in [0.2, 0.25) is 0 Å². The Kier molecular flexibility index (Phi) is 4.41. The summed E-state index contributed by atoms with van der Waals surface area (Å²) in [6, 6.07) is 1.99. The van der Waals surface area contributed by atoms with Gasteiger partial charge in [-0.15, -0.1) is 21.5 Å². The van der Waals surface area contributed by atoms with E-state index in [4.69, 9.17) is 5.11 Å². The summed E-state index contributed by atoms with van der Waals surface area (Å²) in [5.74, 6) is -0.0864. The Balaban J connectivity index is 2.19. The van der Waals surface area contributed by atoms with E-state index in [-0.39, 0.29) is 5.75 Å². The third-order valence-electron chi connectivity index (χ3n) is 2.22. The molecule has 2 aromatic heterocycles. The van der Waals surface area contributed by atoms with Gasteiger partial charge in [-0.05, 0) is 34.3 Å². The first kappa shape index (κ1) is 13.6. The van der Waals surface area contributed by atoms with Crippen molar-refractivity contribution >= 4 is 45.0 Å². The van der Waals surface area contributed by atoms with Gasteiger partial charge >= 0.3 is 5.97 Å². The van der Waals surface area contributed by atoms with Crippen LogP contribution in [0.3, 0.4) is 0 Å². The smallest absolute Gasteiger partial charge is 0.313 e. The highest BCUT2D eigenvalue weighted by molar-refractivity contribution is 9.10. The van der Waals surface area contributed by atoms with Crippen molar-refractivity contribution in [1.29, 1.82) is 0 Å². The fourth-order valence-electron chi connectivity index (χ4n) is 1.36. The summed E-state index contributed by atoms with van der Waals surface area (Å²) in [4.78, 5) is 11.7.